The van der Waals surface area contributed by atoms with Crippen LogP contribution >= 0.6 is 0 Å². The Hall–Kier alpha value is -1.10. The van der Waals surface area contributed by atoms with Crippen LogP contribution in [0.2, 0.25) is 0 Å². The molecule has 14 heavy (non-hydrogen) atoms. The summed E-state index contributed by atoms with van der Waals surface area (Å²) in [5.41, 5.74) is 5.33. The summed E-state index contributed by atoms with van der Waals surface area (Å²) in [7, 11) is 0. The number of carbonyl (C=O) groups is 2. The third-order valence-corrected chi connectivity index (χ3v) is 2.01. The number of nitrogens with two attached hydrogens (primary N) is 1. The van der Waals surface area contributed by atoms with Crippen LogP contribution in [0.1, 0.15) is 26.2 Å². The Morgan fingerprint density at radius 2 is 2.14 bits per heavy atom. The highest BCUT2D eigenvalue weighted by Gasteiger charge is 2.22. The maximum absolute atomic E-state index is 11.2. The van der Waals surface area contributed by atoms with Crippen molar-refractivity contribution >= 4 is 11.8 Å². The second-order valence-corrected chi connectivity index (χ2v) is 3.67. The Bertz CT molecular complexity index is 224. The van der Waals surface area contributed by atoms with Crippen LogP contribution in [-0.2, 0) is 9.59 Å². The smallest absolute Gasteiger partial charge is 0.236 e. The third-order valence-electron chi connectivity index (χ3n) is 2.01. The number of nitrogens with one attached hydrogen (secondary N) is 2. The predicted octanol–water partition coefficient (Wildman–Crippen LogP) is -0.881. The van der Waals surface area contributed by atoms with E-state index in [1.807, 2.05) is 0 Å². The van der Waals surface area contributed by atoms with Crippen molar-refractivity contribution in [2.75, 3.05) is 6.54 Å². The largest absolute Gasteiger partial charge is 0.354 e. The van der Waals surface area contributed by atoms with Gasteiger partial charge in [-0.25, -0.2) is 0 Å². The highest BCUT2D eigenvalue weighted by atomic mass is 16.2. The van der Waals surface area contributed by atoms with Crippen LogP contribution in [0.4, 0.5) is 0 Å². The fourth-order valence-corrected chi connectivity index (χ4v) is 0.988. The number of carbonyl (C=O) groups excluding carboxylic acids is 2. The number of amides is 2. The van der Waals surface area contributed by atoms with Gasteiger partial charge in [-0.05, 0) is 19.8 Å². The van der Waals surface area contributed by atoms with E-state index in [4.69, 9.17) is 5.73 Å². The van der Waals surface area contributed by atoms with E-state index in [-0.39, 0.29) is 11.8 Å². The van der Waals surface area contributed by atoms with Gasteiger partial charge in [0.25, 0.3) is 0 Å². The molecule has 0 aliphatic heterocycles. The van der Waals surface area contributed by atoms with Crippen molar-refractivity contribution in [2.45, 2.75) is 38.3 Å². The number of rotatable bonds is 5. The van der Waals surface area contributed by atoms with E-state index in [2.05, 4.69) is 10.6 Å². The zero-order valence-corrected chi connectivity index (χ0v) is 8.38. The fraction of sp³-hybridized carbons (Fsp3) is 0.778. The van der Waals surface area contributed by atoms with Gasteiger partial charge in [0.2, 0.25) is 11.8 Å². The molecule has 1 aliphatic carbocycles. The van der Waals surface area contributed by atoms with Gasteiger partial charge in [0, 0.05) is 19.0 Å². The van der Waals surface area contributed by atoms with Crippen LogP contribution in [0.15, 0.2) is 0 Å². The van der Waals surface area contributed by atoms with Crippen LogP contribution in [-0.4, -0.2) is 30.4 Å². The summed E-state index contributed by atoms with van der Waals surface area (Å²) >= 11 is 0. The monoisotopic (exact) mass is 199 g/mol. The van der Waals surface area contributed by atoms with Gasteiger partial charge in [0.15, 0.2) is 0 Å². The second kappa shape index (κ2) is 4.95. The molecule has 5 nitrogen and oxygen atoms in total. The maximum Gasteiger partial charge on any atom is 0.236 e. The number of hydrogen-bond donors (Lipinski definition) is 3. The van der Waals surface area contributed by atoms with E-state index in [0.717, 1.165) is 12.8 Å². The van der Waals surface area contributed by atoms with Crippen molar-refractivity contribution in [3.05, 3.63) is 0 Å². The van der Waals surface area contributed by atoms with Crippen LogP contribution in [0.3, 0.4) is 0 Å². The molecule has 0 aromatic rings. The molecule has 0 spiro atoms. The van der Waals surface area contributed by atoms with Crippen molar-refractivity contribution in [3.8, 4) is 0 Å². The zero-order chi connectivity index (χ0) is 10.6. The first-order valence-electron chi connectivity index (χ1n) is 4.92. The van der Waals surface area contributed by atoms with Gasteiger partial charge in [-0.2, -0.15) is 0 Å². The lowest BCUT2D eigenvalue weighted by Gasteiger charge is -2.07. The van der Waals surface area contributed by atoms with Gasteiger partial charge < -0.3 is 16.4 Å². The van der Waals surface area contributed by atoms with Gasteiger partial charge in [-0.1, -0.05) is 0 Å². The van der Waals surface area contributed by atoms with E-state index < -0.39 is 6.04 Å². The lowest BCUT2D eigenvalue weighted by molar-refractivity contribution is -0.122. The molecule has 1 atom stereocenters. The van der Waals surface area contributed by atoms with Crippen molar-refractivity contribution in [1.82, 2.24) is 10.6 Å². The first-order chi connectivity index (χ1) is 6.59. The van der Waals surface area contributed by atoms with Crippen LogP contribution in [0.25, 0.3) is 0 Å². The summed E-state index contributed by atoms with van der Waals surface area (Å²) in [5.74, 6) is -0.221. The van der Waals surface area contributed by atoms with E-state index in [1.54, 1.807) is 6.92 Å². The minimum Gasteiger partial charge on any atom is -0.354 e. The summed E-state index contributed by atoms with van der Waals surface area (Å²) in [5, 5.41) is 5.42. The van der Waals surface area contributed by atoms with Crippen molar-refractivity contribution in [1.29, 1.82) is 0 Å². The summed E-state index contributed by atoms with van der Waals surface area (Å²) in [6.07, 6.45) is 2.49. The summed E-state index contributed by atoms with van der Waals surface area (Å²) in [6.45, 7) is 1.97. The summed E-state index contributed by atoms with van der Waals surface area (Å²) < 4.78 is 0. The average Bonchev–Trinajstić information content (AvgIpc) is 2.87. The molecular weight excluding hydrogens is 182 g/mol. The molecule has 1 saturated carbocycles. The molecule has 0 radical (unpaired) electrons. The molecule has 1 aliphatic rings. The topological polar surface area (TPSA) is 84.2 Å². The van der Waals surface area contributed by atoms with E-state index >= 15 is 0 Å². The second-order valence-electron chi connectivity index (χ2n) is 3.67. The van der Waals surface area contributed by atoms with Crippen LogP contribution < -0.4 is 16.4 Å². The third kappa shape index (κ3) is 4.23. The molecule has 0 heterocycles. The van der Waals surface area contributed by atoms with Gasteiger partial charge >= 0.3 is 0 Å². The molecule has 80 valence electrons. The molecule has 5 heteroatoms. The highest BCUT2D eigenvalue weighted by molar-refractivity contribution is 5.82. The van der Waals surface area contributed by atoms with E-state index in [1.165, 1.54) is 0 Å². The fourth-order valence-electron chi connectivity index (χ4n) is 0.988. The Morgan fingerprint density at radius 3 is 2.64 bits per heavy atom. The van der Waals surface area contributed by atoms with E-state index in [9.17, 15) is 9.59 Å². The van der Waals surface area contributed by atoms with E-state index in [0.29, 0.717) is 19.0 Å². The Balaban J connectivity index is 2.02. The minimum absolute atomic E-state index is 0.00234. The first-order valence-corrected chi connectivity index (χ1v) is 4.92. The lowest BCUT2D eigenvalue weighted by Crippen LogP contribution is -2.40. The quantitative estimate of drug-likeness (QED) is 0.537. The van der Waals surface area contributed by atoms with Crippen LogP contribution in [0, 0.1) is 0 Å². The molecule has 1 rings (SSSR count). The highest BCUT2D eigenvalue weighted by Crippen LogP contribution is 2.18. The number of hydrogen-bond acceptors (Lipinski definition) is 3. The molecule has 2 amide bonds. The predicted molar refractivity (Wildman–Crippen MR) is 52.4 cm³/mol. The Labute approximate surface area is 83.4 Å². The van der Waals surface area contributed by atoms with Crippen LogP contribution in [0.5, 0.6) is 0 Å². The maximum atomic E-state index is 11.2. The normalized spacial score (nSPS) is 17.3. The molecule has 0 aromatic carbocycles. The molecular formula is C9H17N3O2. The van der Waals surface area contributed by atoms with Gasteiger partial charge in [0.05, 0.1) is 6.04 Å². The first kappa shape index (κ1) is 11.0. The molecule has 0 saturated heterocycles. The molecule has 4 N–H and O–H groups in total. The Morgan fingerprint density at radius 1 is 1.50 bits per heavy atom. The minimum atomic E-state index is -0.513. The van der Waals surface area contributed by atoms with Crippen molar-refractivity contribution in [2.24, 2.45) is 5.73 Å². The molecule has 1 fully saturated rings. The average molecular weight is 199 g/mol. The van der Waals surface area contributed by atoms with Gasteiger partial charge in [-0.15, -0.1) is 0 Å². The van der Waals surface area contributed by atoms with Gasteiger partial charge in [-0.3, -0.25) is 9.59 Å². The molecule has 0 aromatic heterocycles. The lowest BCUT2D eigenvalue weighted by atomic mass is 10.3. The van der Waals surface area contributed by atoms with Crippen molar-refractivity contribution in [3.63, 3.8) is 0 Å². The SMILES string of the molecule is C[C@H](N)C(=O)NCCC(=O)NC1CC1. The molecule has 0 bridgehead atoms. The molecule has 0 unspecified atom stereocenters. The summed E-state index contributed by atoms with van der Waals surface area (Å²) in [4.78, 5) is 22.1. The van der Waals surface area contributed by atoms with Gasteiger partial charge in [0.1, 0.15) is 0 Å². The Kier molecular flexibility index (Phi) is 3.88. The standard InChI is InChI=1S/C9H17N3O2/c1-6(10)9(14)11-5-4-8(13)12-7-2-3-7/h6-7H,2-5,10H2,1H3,(H,11,14)(H,12,13)/t6-/m0/s1. The zero-order valence-electron chi connectivity index (χ0n) is 8.38. The summed E-state index contributed by atoms with van der Waals surface area (Å²) in [6, 6.07) is -0.131. The van der Waals surface area contributed by atoms with Crippen molar-refractivity contribution < 1.29 is 9.59 Å².